The molecule has 62 valence electrons. The summed E-state index contributed by atoms with van der Waals surface area (Å²) in [6.45, 7) is 4.93. The first kappa shape index (κ1) is 10.8. The molecule has 0 bridgehead atoms. The van der Waals surface area contributed by atoms with Gasteiger partial charge in [0.15, 0.2) is 0 Å². The molecule has 0 saturated carbocycles. The topological polar surface area (TPSA) is 9.23 Å². The molecule has 0 aromatic carbocycles. The maximum absolute atomic E-state index is 5.70. The Labute approximate surface area is 73.8 Å². The third-order valence-corrected chi connectivity index (χ3v) is 6.64. The van der Waals surface area contributed by atoms with Gasteiger partial charge in [-0.1, -0.05) is 6.92 Å². The molecule has 0 aromatic heterocycles. The molecule has 0 unspecified atom stereocenters. The van der Waals surface area contributed by atoms with Crippen molar-refractivity contribution < 1.29 is 4.43 Å². The minimum absolute atomic E-state index is 0.594. The predicted octanol–water partition coefficient (Wildman–Crippen LogP) is 2.54. The van der Waals surface area contributed by atoms with Crippen molar-refractivity contribution in [1.82, 2.24) is 0 Å². The van der Waals surface area contributed by atoms with Gasteiger partial charge >= 0.3 is 0 Å². The Hall–Kier alpha value is 0.757. The molecule has 0 heterocycles. The lowest BCUT2D eigenvalue weighted by Crippen LogP contribution is -2.40. The van der Waals surface area contributed by atoms with Crippen molar-refractivity contribution in [3.63, 3.8) is 0 Å². The maximum Gasteiger partial charge on any atom is 0.218 e. The van der Waals surface area contributed by atoms with Crippen LogP contribution < -0.4 is 0 Å². The van der Waals surface area contributed by atoms with E-state index in [1.54, 1.807) is 0 Å². The Morgan fingerprint density at radius 1 is 1.30 bits per heavy atom. The van der Waals surface area contributed by atoms with E-state index in [2.05, 4.69) is 13.5 Å². The zero-order valence-electron chi connectivity index (χ0n) is 6.49. The lowest BCUT2D eigenvalue weighted by atomic mass is 10.5. The van der Waals surface area contributed by atoms with Gasteiger partial charge in [-0.2, -0.15) is 0 Å². The molecule has 4 heteroatoms. The first-order valence-electron chi connectivity index (χ1n) is 3.44. The second-order valence-corrected chi connectivity index (χ2v) is 7.89. The van der Waals surface area contributed by atoms with E-state index in [1.807, 2.05) is 0 Å². The van der Waals surface area contributed by atoms with E-state index in [4.69, 9.17) is 27.6 Å². The zero-order chi connectivity index (χ0) is 8.04. The van der Waals surface area contributed by atoms with Crippen LogP contribution in [0.15, 0.2) is 0 Å². The molecule has 1 nitrogen and oxygen atoms in total. The largest absolute Gasteiger partial charge is 0.415 e. The molecular formula is C6H14Cl2OSi. The molecule has 0 fully saturated rings. The van der Waals surface area contributed by atoms with Gasteiger partial charge in [0, 0.05) is 17.6 Å². The van der Waals surface area contributed by atoms with Crippen molar-refractivity contribution in [2.24, 2.45) is 0 Å². The Bertz CT molecular complexity index is 85.8. The summed E-state index contributed by atoms with van der Waals surface area (Å²) in [5.74, 6) is 0. The molecule has 0 atom stereocenters. The Morgan fingerprint density at radius 2 is 1.80 bits per heavy atom. The molecule has 0 saturated heterocycles. The summed E-state index contributed by atoms with van der Waals surface area (Å²) in [6.07, 6.45) is 1.04. The van der Waals surface area contributed by atoms with Gasteiger partial charge < -0.3 is 4.43 Å². The van der Waals surface area contributed by atoms with Gasteiger partial charge in [0.05, 0.1) is 0 Å². The average Bonchev–Trinajstić information content (AvgIpc) is 2.00. The average molecular weight is 201 g/mol. The smallest absolute Gasteiger partial charge is 0.218 e. The van der Waals surface area contributed by atoms with Gasteiger partial charge in [0.2, 0.25) is 8.32 Å². The van der Waals surface area contributed by atoms with Crippen LogP contribution in [-0.4, -0.2) is 25.9 Å². The van der Waals surface area contributed by atoms with E-state index in [9.17, 15) is 0 Å². The highest BCUT2D eigenvalue weighted by molar-refractivity contribution is 6.83. The quantitative estimate of drug-likeness (QED) is 0.490. The molecule has 0 rings (SSSR count). The van der Waals surface area contributed by atoms with Crippen molar-refractivity contribution in [2.75, 3.05) is 17.6 Å². The summed E-state index contributed by atoms with van der Waals surface area (Å²) in [6, 6.07) is 0. The van der Waals surface area contributed by atoms with E-state index >= 15 is 0 Å². The number of hydrogen-bond donors (Lipinski definition) is 0. The fraction of sp³-hybridized carbons (Fsp3) is 1.00. The molecule has 0 aliphatic carbocycles. The zero-order valence-corrected chi connectivity index (χ0v) is 9.00. The van der Waals surface area contributed by atoms with Gasteiger partial charge in [-0.3, -0.25) is 0 Å². The van der Waals surface area contributed by atoms with Crippen molar-refractivity contribution in [3.8, 4) is 0 Å². The fourth-order valence-corrected chi connectivity index (χ4v) is 2.70. The van der Waals surface area contributed by atoms with Gasteiger partial charge in [-0.05, 0) is 13.0 Å². The minimum Gasteiger partial charge on any atom is -0.415 e. The van der Waals surface area contributed by atoms with Crippen LogP contribution in [0.4, 0.5) is 0 Å². The molecule has 0 aliphatic rings. The molecule has 0 radical (unpaired) electrons. The fourth-order valence-electron chi connectivity index (χ4n) is 0.461. The third kappa shape index (κ3) is 3.81. The number of alkyl halides is 2. The highest BCUT2D eigenvalue weighted by Crippen LogP contribution is 2.09. The lowest BCUT2D eigenvalue weighted by Gasteiger charge is -2.21. The summed E-state index contributed by atoms with van der Waals surface area (Å²) in [5, 5.41) is 0. The summed E-state index contributed by atoms with van der Waals surface area (Å²) in [4.78, 5) is 0. The van der Waals surface area contributed by atoms with Gasteiger partial charge in [-0.15, -0.1) is 23.2 Å². The van der Waals surface area contributed by atoms with Gasteiger partial charge in [0.25, 0.3) is 0 Å². The monoisotopic (exact) mass is 200 g/mol. The SMILES string of the molecule is CCCO[Si](C)(CCl)CCl. The minimum atomic E-state index is -1.69. The highest BCUT2D eigenvalue weighted by atomic mass is 35.5. The van der Waals surface area contributed by atoms with Crippen molar-refractivity contribution in [1.29, 1.82) is 0 Å². The highest BCUT2D eigenvalue weighted by Gasteiger charge is 2.26. The summed E-state index contributed by atoms with van der Waals surface area (Å²) in [7, 11) is -1.69. The van der Waals surface area contributed by atoms with Crippen molar-refractivity contribution in [3.05, 3.63) is 0 Å². The van der Waals surface area contributed by atoms with E-state index in [1.165, 1.54) is 0 Å². The Morgan fingerprint density at radius 3 is 2.10 bits per heavy atom. The Kier molecular flexibility index (Phi) is 5.82. The van der Waals surface area contributed by atoms with Crippen LogP contribution in [0.5, 0.6) is 0 Å². The molecule has 0 aliphatic heterocycles. The van der Waals surface area contributed by atoms with Crippen LogP contribution in [0.2, 0.25) is 6.55 Å². The summed E-state index contributed by atoms with van der Waals surface area (Å²) >= 11 is 11.4. The molecular weight excluding hydrogens is 187 g/mol. The van der Waals surface area contributed by atoms with Crippen LogP contribution in [-0.2, 0) is 4.43 Å². The lowest BCUT2D eigenvalue weighted by molar-refractivity contribution is 0.309. The van der Waals surface area contributed by atoms with E-state index in [-0.39, 0.29) is 0 Å². The summed E-state index contributed by atoms with van der Waals surface area (Å²) < 4.78 is 5.55. The van der Waals surface area contributed by atoms with Crippen molar-refractivity contribution >= 4 is 31.5 Å². The van der Waals surface area contributed by atoms with E-state index < -0.39 is 8.32 Å². The van der Waals surface area contributed by atoms with Crippen molar-refractivity contribution in [2.45, 2.75) is 19.9 Å². The van der Waals surface area contributed by atoms with Crippen LogP contribution in [0.1, 0.15) is 13.3 Å². The second kappa shape index (κ2) is 5.41. The molecule has 0 N–H and O–H groups in total. The van der Waals surface area contributed by atoms with E-state index in [0.29, 0.717) is 11.0 Å². The van der Waals surface area contributed by atoms with Gasteiger partial charge in [-0.25, -0.2) is 0 Å². The van der Waals surface area contributed by atoms with Crippen LogP contribution in [0.25, 0.3) is 0 Å². The number of rotatable bonds is 5. The summed E-state index contributed by atoms with van der Waals surface area (Å²) in [5.41, 5.74) is 1.19. The van der Waals surface area contributed by atoms with Crippen LogP contribution in [0, 0.1) is 0 Å². The molecule has 10 heavy (non-hydrogen) atoms. The maximum atomic E-state index is 5.70. The standard InChI is InChI=1S/C6H14Cl2OSi/c1-3-4-9-10(2,5-7)6-8/h3-6H2,1-2H3. The molecule has 0 aromatic rings. The first-order valence-corrected chi connectivity index (χ1v) is 7.33. The second-order valence-electron chi connectivity index (χ2n) is 2.57. The molecule has 0 amide bonds. The number of halogens is 2. The van der Waals surface area contributed by atoms with E-state index in [0.717, 1.165) is 13.0 Å². The normalized spacial score (nSPS) is 12.0. The van der Waals surface area contributed by atoms with Gasteiger partial charge in [0.1, 0.15) is 0 Å². The third-order valence-electron chi connectivity index (χ3n) is 1.22. The first-order chi connectivity index (χ1) is 4.68. The number of hydrogen-bond acceptors (Lipinski definition) is 1. The molecule has 0 spiro atoms. The van der Waals surface area contributed by atoms with Crippen LogP contribution in [0.3, 0.4) is 0 Å². The predicted molar refractivity (Wildman–Crippen MR) is 49.3 cm³/mol. The Balaban J connectivity index is 3.58. The van der Waals surface area contributed by atoms with Crippen LogP contribution >= 0.6 is 23.2 Å².